The summed E-state index contributed by atoms with van der Waals surface area (Å²) in [5.41, 5.74) is 0.255. The maximum Gasteiger partial charge on any atom is 0.413 e. The summed E-state index contributed by atoms with van der Waals surface area (Å²) >= 11 is 1.27. The Labute approximate surface area is 149 Å². The third kappa shape index (κ3) is 5.13. The molecule has 0 aromatic carbocycles. The fraction of sp³-hybridized carbons (Fsp3) is 0.385. The number of carbonyl (C=O) groups excluding carboxylic acids is 1. The molecule has 0 radical (unpaired) electrons. The van der Waals surface area contributed by atoms with E-state index >= 15 is 0 Å². The Balaban J connectivity index is 0.00000242. The number of rotatable bonds is 4. The molecule has 2 heterocycles. The Bertz CT molecular complexity index is 586. The van der Waals surface area contributed by atoms with Crippen molar-refractivity contribution in [3.05, 3.63) is 50.9 Å². The average Bonchev–Trinajstić information content (AvgIpc) is 2.46. The average molecular weight is 437 g/mol. The van der Waals surface area contributed by atoms with Crippen molar-refractivity contribution in [2.45, 2.75) is 13.0 Å². The highest BCUT2D eigenvalue weighted by Crippen LogP contribution is 2.23. The Morgan fingerprint density at radius 1 is 1.59 bits per heavy atom. The first-order chi connectivity index (χ1) is 10.1. The van der Waals surface area contributed by atoms with Crippen LogP contribution in [0.4, 0.5) is 0 Å². The lowest BCUT2D eigenvalue weighted by atomic mass is 10.3. The first kappa shape index (κ1) is 18.7. The summed E-state index contributed by atoms with van der Waals surface area (Å²) in [6.07, 6.45) is 4.55. The molecular weight excluding hydrogens is 421 g/mol. The van der Waals surface area contributed by atoms with Crippen LogP contribution in [0.15, 0.2) is 35.3 Å². The van der Waals surface area contributed by atoms with Crippen molar-refractivity contribution < 1.29 is 43.0 Å². The van der Waals surface area contributed by atoms with Gasteiger partial charge in [-0.1, -0.05) is 0 Å². The molecular formula is C13H16IN3O4S. The van der Waals surface area contributed by atoms with Crippen LogP contribution in [0.5, 0.6) is 0 Å². The molecule has 0 unspecified atom stereocenters. The number of halogens is 1. The number of hydrogen-bond donors (Lipinski definition) is 1. The van der Waals surface area contributed by atoms with E-state index in [1.807, 2.05) is 23.9 Å². The molecule has 22 heavy (non-hydrogen) atoms. The number of thioether (sulfide) groups is 1. The van der Waals surface area contributed by atoms with Crippen molar-refractivity contribution in [1.82, 2.24) is 5.32 Å². The summed E-state index contributed by atoms with van der Waals surface area (Å²) in [4.78, 5) is 22.4. The molecule has 1 aliphatic heterocycles. The molecule has 1 N–H and O–H groups in total. The number of nitrogens with one attached hydrogen (secondary N) is 1. The number of esters is 1. The largest absolute Gasteiger partial charge is 1.00 e. The lowest BCUT2D eigenvalue weighted by Crippen LogP contribution is -3.00. The molecule has 1 saturated heterocycles. The minimum atomic E-state index is -0.914. The van der Waals surface area contributed by atoms with Crippen LogP contribution >= 0.6 is 11.8 Å². The molecule has 120 valence electrons. The van der Waals surface area contributed by atoms with Crippen LogP contribution in [0.25, 0.3) is 0 Å². The van der Waals surface area contributed by atoms with E-state index in [1.165, 1.54) is 11.8 Å². The maximum absolute atomic E-state index is 12.0. The second-order valence-corrected chi connectivity index (χ2v) is 5.62. The van der Waals surface area contributed by atoms with E-state index in [9.17, 15) is 14.9 Å². The highest BCUT2D eigenvalue weighted by molar-refractivity contribution is 8.03. The van der Waals surface area contributed by atoms with E-state index in [1.54, 1.807) is 12.3 Å². The number of carbonyl (C=O) groups is 1. The standard InChI is InChI=1S/C13H15N3O4S.HI/c1-15-6-2-4-10(8-15)9-20-13(17)11(16(18)19)12-14-5-3-7-21-12;/h2,4,6,8H,3,5,7,9H2,1H3;1H. The normalized spacial score (nSPS) is 16.0. The minimum absolute atomic E-state index is 0. The number of aryl methyl sites for hydroxylation is 1. The molecule has 0 atom stereocenters. The molecule has 0 bridgehead atoms. The minimum Gasteiger partial charge on any atom is -1.00 e. The zero-order valence-electron chi connectivity index (χ0n) is 12.0. The van der Waals surface area contributed by atoms with Gasteiger partial charge >= 0.3 is 11.7 Å². The highest BCUT2D eigenvalue weighted by atomic mass is 127. The molecule has 0 aliphatic carbocycles. The van der Waals surface area contributed by atoms with Gasteiger partial charge in [0.05, 0.1) is 10.5 Å². The van der Waals surface area contributed by atoms with Gasteiger partial charge in [0.1, 0.15) is 13.7 Å². The molecule has 2 rings (SSSR count). The zero-order valence-corrected chi connectivity index (χ0v) is 14.9. The third-order valence-electron chi connectivity index (χ3n) is 2.81. The van der Waals surface area contributed by atoms with Gasteiger partial charge in [0.25, 0.3) is 0 Å². The quantitative estimate of drug-likeness (QED) is 0.143. The topological polar surface area (TPSA) is 85.3 Å². The molecule has 1 aromatic rings. The molecule has 1 fully saturated rings. The maximum atomic E-state index is 12.0. The molecule has 0 saturated carbocycles. The SMILES string of the molecule is C[n+]1cccc(COC(=O)C(=C2NCCCS2)[N+](=O)[O-])c1.[I-]. The van der Waals surface area contributed by atoms with Gasteiger partial charge in [-0.3, -0.25) is 10.1 Å². The number of aromatic nitrogens is 1. The van der Waals surface area contributed by atoms with Crippen molar-refractivity contribution in [2.24, 2.45) is 7.05 Å². The highest BCUT2D eigenvalue weighted by Gasteiger charge is 2.31. The van der Waals surface area contributed by atoms with Gasteiger partial charge in [-0.2, -0.15) is 0 Å². The number of nitrogens with zero attached hydrogens (tertiary/aromatic N) is 2. The number of ether oxygens (including phenoxy) is 1. The smallest absolute Gasteiger partial charge is 0.413 e. The molecule has 1 aromatic heterocycles. The predicted molar refractivity (Wildman–Crippen MR) is 76.5 cm³/mol. The van der Waals surface area contributed by atoms with E-state index in [2.05, 4.69) is 5.32 Å². The molecule has 0 spiro atoms. The Hall–Kier alpha value is -1.36. The first-order valence-corrected chi connectivity index (χ1v) is 7.43. The molecule has 7 nitrogen and oxygen atoms in total. The van der Waals surface area contributed by atoms with Gasteiger partial charge in [0, 0.05) is 18.4 Å². The Morgan fingerprint density at radius 3 is 2.95 bits per heavy atom. The van der Waals surface area contributed by atoms with Crippen LogP contribution in [-0.4, -0.2) is 23.2 Å². The first-order valence-electron chi connectivity index (χ1n) is 6.44. The summed E-state index contributed by atoms with van der Waals surface area (Å²) in [5.74, 6) is -0.162. The van der Waals surface area contributed by atoms with E-state index in [4.69, 9.17) is 4.74 Å². The van der Waals surface area contributed by atoms with Crippen LogP contribution < -0.4 is 33.9 Å². The molecule has 1 aliphatic rings. The predicted octanol–water partition coefficient (Wildman–Crippen LogP) is -2.27. The van der Waals surface area contributed by atoms with Gasteiger partial charge < -0.3 is 34.0 Å². The summed E-state index contributed by atoms with van der Waals surface area (Å²) in [5, 5.41) is 14.3. The number of nitro groups is 1. The summed E-state index contributed by atoms with van der Waals surface area (Å²) in [6, 6.07) is 3.61. The number of hydrogen-bond acceptors (Lipinski definition) is 6. The molecule has 0 amide bonds. The van der Waals surface area contributed by atoms with Gasteiger partial charge in [-0.05, 0) is 12.5 Å². The monoisotopic (exact) mass is 437 g/mol. The Kier molecular flexibility index (Phi) is 7.59. The lowest BCUT2D eigenvalue weighted by Gasteiger charge is -2.15. The van der Waals surface area contributed by atoms with Gasteiger partial charge in [-0.25, -0.2) is 9.36 Å². The van der Waals surface area contributed by atoms with Crippen LogP contribution in [0.1, 0.15) is 12.0 Å². The number of pyridine rings is 1. The van der Waals surface area contributed by atoms with Crippen molar-refractivity contribution in [2.75, 3.05) is 12.3 Å². The second kappa shape index (κ2) is 8.93. The summed E-state index contributed by atoms with van der Waals surface area (Å²) in [6.45, 7) is 0.629. The van der Waals surface area contributed by atoms with Crippen LogP contribution in [0.3, 0.4) is 0 Å². The second-order valence-electron chi connectivity index (χ2n) is 4.52. The van der Waals surface area contributed by atoms with E-state index in [0.29, 0.717) is 6.54 Å². The summed E-state index contributed by atoms with van der Waals surface area (Å²) in [7, 11) is 1.85. The van der Waals surface area contributed by atoms with Crippen LogP contribution in [0.2, 0.25) is 0 Å². The van der Waals surface area contributed by atoms with Crippen molar-refractivity contribution in [1.29, 1.82) is 0 Å². The van der Waals surface area contributed by atoms with E-state index < -0.39 is 16.6 Å². The molecule has 9 heteroatoms. The van der Waals surface area contributed by atoms with Crippen molar-refractivity contribution in [3.63, 3.8) is 0 Å². The summed E-state index contributed by atoms with van der Waals surface area (Å²) < 4.78 is 6.87. The van der Waals surface area contributed by atoms with Gasteiger partial charge in [-0.15, -0.1) is 11.8 Å². The lowest BCUT2D eigenvalue weighted by molar-refractivity contribution is -0.672. The Morgan fingerprint density at radius 2 is 2.36 bits per heavy atom. The fourth-order valence-electron chi connectivity index (χ4n) is 1.85. The van der Waals surface area contributed by atoms with Crippen LogP contribution in [-0.2, 0) is 23.2 Å². The third-order valence-corrected chi connectivity index (χ3v) is 3.93. The van der Waals surface area contributed by atoms with E-state index in [-0.39, 0.29) is 35.6 Å². The van der Waals surface area contributed by atoms with Crippen molar-refractivity contribution in [3.8, 4) is 0 Å². The van der Waals surface area contributed by atoms with E-state index in [0.717, 1.165) is 17.7 Å². The van der Waals surface area contributed by atoms with Crippen molar-refractivity contribution >= 4 is 17.7 Å². The van der Waals surface area contributed by atoms with Crippen LogP contribution in [0, 0.1) is 10.1 Å². The van der Waals surface area contributed by atoms with Gasteiger partial charge in [0.2, 0.25) is 0 Å². The zero-order chi connectivity index (χ0) is 15.2. The van der Waals surface area contributed by atoms with Gasteiger partial charge in [0.15, 0.2) is 17.4 Å². The fourth-order valence-corrected chi connectivity index (χ4v) is 2.85.